The molecule has 1 N–H and O–H groups in total. The fourth-order valence-corrected chi connectivity index (χ4v) is 3.33. The number of hydrogen-bond donors (Lipinski definition) is 1. The minimum atomic E-state index is -0.0999. The van der Waals surface area contributed by atoms with Crippen LogP contribution in [0.2, 0.25) is 0 Å². The molecule has 1 fully saturated rings. The first kappa shape index (κ1) is 16.4. The van der Waals surface area contributed by atoms with Crippen LogP contribution in [0.15, 0.2) is 49.1 Å². The monoisotopic (exact) mass is 347 g/mol. The Morgan fingerprint density at radius 2 is 1.85 bits per heavy atom. The first-order valence-electron chi connectivity index (χ1n) is 8.98. The molecule has 3 heterocycles. The van der Waals surface area contributed by atoms with Gasteiger partial charge in [0.2, 0.25) is 0 Å². The summed E-state index contributed by atoms with van der Waals surface area (Å²) in [6.45, 7) is 2.48. The third-order valence-electron chi connectivity index (χ3n) is 4.73. The van der Waals surface area contributed by atoms with Gasteiger partial charge in [0.25, 0.3) is 5.91 Å². The summed E-state index contributed by atoms with van der Waals surface area (Å²) >= 11 is 0. The molecule has 1 aromatic carbocycles. The SMILES string of the molecule is O=C(NCc1ccncc1)c1ccc2ncnc(N3CCCCC3)c2c1. The number of carbonyl (C=O) groups excluding carboxylic acids is 1. The third-order valence-corrected chi connectivity index (χ3v) is 4.73. The normalized spacial score (nSPS) is 14.4. The highest BCUT2D eigenvalue weighted by molar-refractivity contribution is 6.00. The van der Waals surface area contributed by atoms with Crippen LogP contribution in [-0.2, 0) is 6.54 Å². The van der Waals surface area contributed by atoms with E-state index in [9.17, 15) is 4.79 Å². The highest BCUT2D eigenvalue weighted by Gasteiger charge is 2.16. The maximum Gasteiger partial charge on any atom is 0.251 e. The van der Waals surface area contributed by atoms with E-state index in [-0.39, 0.29) is 5.91 Å². The van der Waals surface area contributed by atoms with E-state index < -0.39 is 0 Å². The van der Waals surface area contributed by atoms with Gasteiger partial charge in [-0.2, -0.15) is 0 Å². The van der Waals surface area contributed by atoms with Crippen LogP contribution in [-0.4, -0.2) is 33.9 Å². The maximum atomic E-state index is 12.6. The molecular formula is C20H21N5O. The molecule has 0 unspecified atom stereocenters. The van der Waals surface area contributed by atoms with Crippen molar-refractivity contribution in [3.63, 3.8) is 0 Å². The zero-order chi connectivity index (χ0) is 17.8. The Labute approximate surface area is 152 Å². The second kappa shape index (κ2) is 7.47. The van der Waals surface area contributed by atoms with Crippen molar-refractivity contribution in [1.82, 2.24) is 20.3 Å². The predicted molar refractivity (Wildman–Crippen MR) is 101 cm³/mol. The molecule has 26 heavy (non-hydrogen) atoms. The number of amides is 1. The van der Waals surface area contributed by atoms with Crippen LogP contribution in [0.1, 0.15) is 35.2 Å². The highest BCUT2D eigenvalue weighted by atomic mass is 16.1. The first-order chi connectivity index (χ1) is 12.8. The number of aromatic nitrogens is 3. The molecule has 1 aliphatic heterocycles. The van der Waals surface area contributed by atoms with Crippen molar-refractivity contribution in [3.8, 4) is 0 Å². The Balaban J connectivity index is 1.58. The number of fused-ring (bicyclic) bond motifs is 1. The van der Waals surface area contributed by atoms with E-state index in [4.69, 9.17) is 0 Å². The second-order valence-corrected chi connectivity index (χ2v) is 6.52. The Morgan fingerprint density at radius 1 is 1.04 bits per heavy atom. The molecule has 6 heteroatoms. The van der Waals surface area contributed by atoms with E-state index in [1.807, 2.05) is 30.3 Å². The molecule has 1 amide bonds. The van der Waals surface area contributed by atoms with Gasteiger partial charge in [0.15, 0.2) is 0 Å². The smallest absolute Gasteiger partial charge is 0.251 e. The molecule has 0 radical (unpaired) electrons. The van der Waals surface area contributed by atoms with Crippen LogP contribution in [0.4, 0.5) is 5.82 Å². The standard InChI is InChI=1S/C20H21N5O/c26-20(22-13-15-6-8-21-9-7-15)16-4-5-18-17(12-16)19(24-14-23-18)25-10-2-1-3-11-25/h4-9,12,14H,1-3,10-11,13H2,(H,22,26). The van der Waals surface area contributed by atoms with Gasteiger partial charge in [0.05, 0.1) is 5.52 Å². The van der Waals surface area contributed by atoms with Crippen molar-refractivity contribution in [2.24, 2.45) is 0 Å². The molecule has 2 aromatic heterocycles. The largest absolute Gasteiger partial charge is 0.356 e. The Kier molecular flexibility index (Phi) is 4.73. The van der Waals surface area contributed by atoms with Gasteiger partial charge in [-0.05, 0) is 55.2 Å². The fraction of sp³-hybridized carbons (Fsp3) is 0.300. The topological polar surface area (TPSA) is 71.0 Å². The molecule has 0 bridgehead atoms. The summed E-state index contributed by atoms with van der Waals surface area (Å²) in [4.78, 5) is 27.7. The lowest BCUT2D eigenvalue weighted by Crippen LogP contribution is -2.30. The number of nitrogens with zero attached hydrogens (tertiary/aromatic N) is 4. The van der Waals surface area contributed by atoms with Gasteiger partial charge in [0, 0.05) is 43.0 Å². The number of hydrogen-bond acceptors (Lipinski definition) is 5. The van der Waals surface area contributed by atoms with Crippen molar-refractivity contribution in [1.29, 1.82) is 0 Å². The summed E-state index contributed by atoms with van der Waals surface area (Å²) in [6, 6.07) is 9.40. The molecule has 0 spiro atoms. The average Bonchev–Trinajstić information content (AvgIpc) is 2.72. The van der Waals surface area contributed by atoms with Crippen LogP contribution in [0, 0.1) is 0 Å². The Morgan fingerprint density at radius 3 is 2.65 bits per heavy atom. The lowest BCUT2D eigenvalue weighted by molar-refractivity contribution is 0.0951. The van der Waals surface area contributed by atoms with Gasteiger partial charge in [-0.3, -0.25) is 9.78 Å². The highest BCUT2D eigenvalue weighted by Crippen LogP contribution is 2.26. The number of anilines is 1. The molecule has 3 aromatic rings. The van der Waals surface area contributed by atoms with Crippen LogP contribution >= 0.6 is 0 Å². The van der Waals surface area contributed by atoms with E-state index >= 15 is 0 Å². The van der Waals surface area contributed by atoms with E-state index in [0.717, 1.165) is 35.4 Å². The van der Waals surface area contributed by atoms with Gasteiger partial charge in [-0.1, -0.05) is 0 Å². The zero-order valence-corrected chi connectivity index (χ0v) is 14.6. The lowest BCUT2D eigenvalue weighted by atomic mass is 10.1. The summed E-state index contributed by atoms with van der Waals surface area (Å²) in [5.41, 5.74) is 2.51. The summed E-state index contributed by atoms with van der Waals surface area (Å²) in [5.74, 6) is 0.829. The number of piperidine rings is 1. The number of rotatable bonds is 4. The zero-order valence-electron chi connectivity index (χ0n) is 14.6. The summed E-state index contributed by atoms with van der Waals surface area (Å²) in [6.07, 6.45) is 8.67. The Hall–Kier alpha value is -3.02. The quantitative estimate of drug-likeness (QED) is 0.786. The molecule has 6 nitrogen and oxygen atoms in total. The van der Waals surface area contributed by atoms with Crippen molar-refractivity contribution < 1.29 is 4.79 Å². The van der Waals surface area contributed by atoms with E-state index in [0.29, 0.717) is 12.1 Å². The van der Waals surface area contributed by atoms with E-state index in [1.54, 1.807) is 18.7 Å². The number of carbonyl (C=O) groups is 1. The summed E-state index contributed by atoms with van der Waals surface area (Å²) in [5, 5.41) is 3.89. The minimum Gasteiger partial charge on any atom is -0.356 e. The molecule has 0 saturated carbocycles. The van der Waals surface area contributed by atoms with Gasteiger partial charge in [0.1, 0.15) is 12.1 Å². The third kappa shape index (κ3) is 3.49. The van der Waals surface area contributed by atoms with Crippen LogP contribution in [0.25, 0.3) is 10.9 Å². The van der Waals surface area contributed by atoms with Gasteiger partial charge >= 0.3 is 0 Å². The molecule has 132 valence electrons. The summed E-state index contributed by atoms with van der Waals surface area (Å²) < 4.78 is 0. The number of nitrogens with one attached hydrogen (secondary N) is 1. The van der Waals surface area contributed by atoms with Crippen molar-refractivity contribution >= 4 is 22.6 Å². The van der Waals surface area contributed by atoms with E-state index in [2.05, 4.69) is 25.2 Å². The molecule has 1 saturated heterocycles. The number of benzene rings is 1. The average molecular weight is 347 g/mol. The first-order valence-corrected chi connectivity index (χ1v) is 8.98. The van der Waals surface area contributed by atoms with E-state index in [1.165, 1.54) is 19.3 Å². The maximum absolute atomic E-state index is 12.6. The van der Waals surface area contributed by atoms with Gasteiger partial charge in [-0.25, -0.2) is 9.97 Å². The second-order valence-electron chi connectivity index (χ2n) is 6.52. The molecule has 1 aliphatic rings. The van der Waals surface area contributed by atoms with Gasteiger partial charge < -0.3 is 10.2 Å². The number of pyridine rings is 1. The van der Waals surface area contributed by atoms with Crippen LogP contribution in [0.3, 0.4) is 0 Å². The van der Waals surface area contributed by atoms with Crippen molar-refractivity contribution in [3.05, 3.63) is 60.2 Å². The van der Waals surface area contributed by atoms with Gasteiger partial charge in [-0.15, -0.1) is 0 Å². The fourth-order valence-electron chi connectivity index (χ4n) is 3.33. The van der Waals surface area contributed by atoms with Crippen molar-refractivity contribution in [2.45, 2.75) is 25.8 Å². The summed E-state index contributed by atoms with van der Waals surface area (Å²) in [7, 11) is 0. The lowest BCUT2D eigenvalue weighted by Gasteiger charge is -2.28. The van der Waals surface area contributed by atoms with Crippen LogP contribution < -0.4 is 10.2 Å². The van der Waals surface area contributed by atoms with Crippen LogP contribution in [0.5, 0.6) is 0 Å². The van der Waals surface area contributed by atoms with Crippen molar-refractivity contribution in [2.75, 3.05) is 18.0 Å². The molecule has 0 aliphatic carbocycles. The Bertz CT molecular complexity index is 906. The minimum absolute atomic E-state index is 0.0999. The molecular weight excluding hydrogens is 326 g/mol. The molecule has 0 atom stereocenters. The molecule has 4 rings (SSSR count). The predicted octanol–water partition coefficient (Wildman–Crippen LogP) is 2.95.